The molecule has 0 N–H and O–H groups in total. The van der Waals surface area contributed by atoms with Crippen LogP contribution in [0.25, 0.3) is 11.1 Å². The molecule has 1 aliphatic rings. The molecule has 2 heterocycles. The Morgan fingerprint density at radius 2 is 1.97 bits per heavy atom. The maximum Gasteiger partial charge on any atom is 0.337 e. The monoisotopic (exact) mass is 418 g/mol. The predicted molar refractivity (Wildman–Crippen MR) is 111 cm³/mol. The van der Waals surface area contributed by atoms with E-state index in [9.17, 15) is 13.6 Å². The predicted octanol–water partition coefficient (Wildman–Crippen LogP) is 4.51. The van der Waals surface area contributed by atoms with E-state index in [1.807, 2.05) is 0 Å². The van der Waals surface area contributed by atoms with Gasteiger partial charge in [0.05, 0.1) is 19.3 Å². The fourth-order valence-electron chi connectivity index (χ4n) is 3.67. The molecule has 1 aliphatic heterocycles. The number of aromatic nitrogens is 1. The Hall–Kier alpha value is -2.54. The number of nitrogens with zero attached hydrogens (tertiary/aromatic N) is 2. The highest BCUT2D eigenvalue weighted by Gasteiger charge is 2.25. The topological polar surface area (TPSA) is 51.7 Å². The summed E-state index contributed by atoms with van der Waals surface area (Å²) >= 11 is 0. The summed E-state index contributed by atoms with van der Waals surface area (Å²) in [6, 6.07) is 7.66. The SMILES string of the molecule is COC(=O)c1ccc(-c2ccc(OCC3CCN(CC(C)(C)F)CC3)nc2)c(F)c1. The minimum atomic E-state index is -1.17. The van der Waals surface area contributed by atoms with Gasteiger partial charge in [0.1, 0.15) is 11.5 Å². The lowest BCUT2D eigenvalue weighted by Gasteiger charge is -2.34. The fraction of sp³-hybridized carbons (Fsp3) is 0.478. The van der Waals surface area contributed by atoms with Crippen molar-refractivity contribution < 1.29 is 23.0 Å². The molecular weight excluding hydrogens is 390 g/mol. The van der Waals surface area contributed by atoms with Crippen molar-refractivity contribution in [3.05, 3.63) is 47.9 Å². The molecule has 7 heteroatoms. The van der Waals surface area contributed by atoms with Crippen LogP contribution in [0.15, 0.2) is 36.5 Å². The average molecular weight is 418 g/mol. The first kappa shape index (κ1) is 22.2. The summed E-state index contributed by atoms with van der Waals surface area (Å²) in [4.78, 5) is 17.9. The van der Waals surface area contributed by atoms with Crippen molar-refractivity contribution in [3.8, 4) is 17.0 Å². The summed E-state index contributed by atoms with van der Waals surface area (Å²) in [6.45, 7) is 5.97. The molecule has 1 saturated heterocycles. The van der Waals surface area contributed by atoms with E-state index in [0.29, 0.717) is 36.1 Å². The Kier molecular flexibility index (Phi) is 7.02. The van der Waals surface area contributed by atoms with E-state index in [0.717, 1.165) is 32.0 Å². The molecule has 1 fully saturated rings. The van der Waals surface area contributed by atoms with Crippen molar-refractivity contribution in [2.75, 3.05) is 33.4 Å². The Morgan fingerprint density at radius 1 is 1.23 bits per heavy atom. The number of hydrogen-bond donors (Lipinski definition) is 0. The molecule has 5 nitrogen and oxygen atoms in total. The van der Waals surface area contributed by atoms with Gasteiger partial charge >= 0.3 is 5.97 Å². The highest BCUT2D eigenvalue weighted by Crippen LogP contribution is 2.26. The second-order valence-electron chi connectivity index (χ2n) is 8.32. The van der Waals surface area contributed by atoms with Crippen LogP contribution < -0.4 is 4.74 Å². The third kappa shape index (κ3) is 5.98. The maximum absolute atomic E-state index is 14.4. The molecule has 0 radical (unpaired) electrons. The molecule has 2 aromatic rings. The van der Waals surface area contributed by atoms with E-state index >= 15 is 0 Å². The van der Waals surface area contributed by atoms with Gasteiger partial charge in [-0.15, -0.1) is 0 Å². The first-order valence-corrected chi connectivity index (χ1v) is 10.1. The zero-order valence-corrected chi connectivity index (χ0v) is 17.7. The van der Waals surface area contributed by atoms with Gasteiger partial charge in [0.15, 0.2) is 0 Å². The Labute approximate surface area is 176 Å². The Bertz CT molecular complexity index is 858. The molecule has 0 aliphatic carbocycles. The third-order valence-electron chi connectivity index (χ3n) is 5.21. The van der Waals surface area contributed by atoms with Crippen LogP contribution in [0.5, 0.6) is 5.88 Å². The van der Waals surface area contributed by atoms with Crippen molar-refractivity contribution in [3.63, 3.8) is 0 Å². The molecule has 0 spiro atoms. The smallest absolute Gasteiger partial charge is 0.337 e. The summed E-state index contributed by atoms with van der Waals surface area (Å²) in [5.74, 6) is -0.204. The number of esters is 1. The summed E-state index contributed by atoms with van der Waals surface area (Å²) in [6.07, 6.45) is 3.48. The zero-order chi connectivity index (χ0) is 21.7. The summed E-state index contributed by atoms with van der Waals surface area (Å²) in [5, 5.41) is 0. The highest BCUT2D eigenvalue weighted by molar-refractivity contribution is 5.90. The minimum absolute atomic E-state index is 0.160. The highest BCUT2D eigenvalue weighted by atomic mass is 19.1. The quantitative estimate of drug-likeness (QED) is 0.619. The summed E-state index contributed by atoms with van der Waals surface area (Å²) in [7, 11) is 1.25. The first-order chi connectivity index (χ1) is 14.2. The third-order valence-corrected chi connectivity index (χ3v) is 5.21. The molecule has 1 aromatic carbocycles. The van der Waals surface area contributed by atoms with Crippen LogP contribution >= 0.6 is 0 Å². The lowest BCUT2D eigenvalue weighted by molar-refractivity contribution is 0.0600. The second-order valence-corrected chi connectivity index (χ2v) is 8.32. The molecule has 3 rings (SSSR count). The molecule has 162 valence electrons. The van der Waals surface area contributed by atoms with E-state index in [1.165, 1.54) is 19.2 Å². The van der Waals surface area contributed by atoms with Crippen LogP contribution in [0.4, 0.5) is 8.78 Å². The number of likely N-dealkylation sites (tertiary alicyclic amines) is 1. The molecule has 0 amide bonds. The van der Waals surface area contributed by atoms with Gasteiger partial charge in [-0.2, -0.15) is 0 Å². The summed E-state index contributed by atoms with van der Waals surface area (Å²) in [5.41, 5.74) is -0.0650. The van der Waals surface area contributed by atoms with E-state index in [4.69, 9.17) is 4.74 Å². The van der Waals surface area contributed by atoms with E-state index in [2.05, 4.69) is 14.6 Å². The van der Waals surface area contributed by atoms with Gasteiger partial charge in [0.2, 0.25) is 5.88 Å². The van der Waals surface area contributed by atoms with Gasteiger partial charge in [-0.25, -0.2) is 18.6 Å². The van der Waals surface area contributed by atoms with Gasteiger partial charge < -0.3 is 14.4 Å². The molecule has 30 heavy (non-hydrogen) atoms. The van der Waals surface area contributed by atoms with Crippen molar-refractivity contribution in [2.24, 2.45) is 5.92 Å². The van der Waals surface area contributed by atoms with Gasteiger partial charge in [0.25, 0.3) is 0 Å². The van der Waals surface area contributed by atoms with E-state index in [-0.39, 0.29) is 5.56 Å². The van der Waals surface area contributed by atoms with Gasteiger partial charge in [-0.3, -0.25) is 0 Å². The number of pyridine rings is 1. The number of halogens is 2. The van der Waals surface area contributed by atoms with Gasteiger partial charge in [-0.05, 0) is 63.9 Å². The Morgan fingerprint density at radius 3 is 2.53 bits per heavy atom. The first-order valence-electron chi connectivity index (χ1n) is 10.1. The number of piperidine rings is 1. The molecule has 0 atom stereocenters. The zero-order valence-electron chi connectivity index (χ0n) is 17.7. The summed E-state index contributed by atoms with van der Waals surface area (Å²) < 4.78 is 38.5. The lowest BCUT2D eigenvalue weighted by atomic mass is 9.97. The molecule has 0 unspecified atom stereocenters. The lowest BCUT2D eigenvalue weighted by Crippen LogP contribution is -2.41. The van der Waals surface area contributed by atoms with Crippen LogP contribution in [0.3, 0.4) is 0 Å². The maximum atomic E-state index is 14.4. The van der Waals surface area contributed by atoms with Crippen LogP contribution in [0.1, 0.15) is 37.0 Å². The average Bonchev–Trinajstić information content (AvgIpc) is 2.72. The molecular formula is C23H28F2N2O3. The number of methoxy groups -OCH3 is 1. The van der Waals surface area contributed by atoms with Crippen LogP contribution in [-0.4, -0.2) is 54.9 Å². The van der Waals surface area contributed by atoms with E-state index in [1.54, 1.807) is 32.2 Å². The standard InChI is InChI=1S/C23H28F2N2O3/c1-23(2,25)15-27-10-8-16(9-11-27)14-30-21-7-5-18(13-26-21)19-6-4-17(12-20(19)24)22(28)29-3/h4-7,12-13,16H,8-11,14-15H2,1-3H3. The van der Waals surface area contributed by atoms with Crippen molar-refractivity contribution in [2.45, 2.75) is 32.4 Å². The van der Waals surface area contributed by atoms with Gasteiger partial charge in [-0.1, -0.05) is 6.07 Å². The minimum Gasteiger partial charge on any atom is -0.477 e. The van der Waals surface area contributed by atoms with Crippen molar-refractivity contribution >= 4 is 5.97 Å². The number of carbonyl (C=O) groups is 1. The van der Waals surface area contributed by atoms with Crippen LogP contribution in [0, 0.1) is 11.7 Å². The van der Waals surface area contributed by atoms with Crippen molar-refractivity contribution in [1.29, 1.82) is 0 Å². The Balaban J connectivity index is 1.53. The van der Waals surface area contributed by atoms with Crippen LogP contribution in [0.2, 0.25) is 0 Å². The van der Waals surface area contributed by atoms with Crippen molar-refractivity contribution in [1.82, 2.24) is 9.88 Å². The molecule has 1 aromatic heterocycles. The largest absolute Gasteiger partial charge is 0.477 e. The number of alkyl halides is 1. The molecule has 0 saturated carbocycles. The number of benzene rings is 1. The normalized spacial score (nSPS) is 15.8. The number of hydrogen-bond acceptors (Lipinski definition) is 5. The van der Waals surface area contributed by atoms with E-state index < -0.39 is 17.5 Å². The number of ether oxygens (including phenoxy) is 2. The fourth-order valence-corrected chi connectivity index (χ4v) is 3.67. The second kappa shape index (κ2) is 9.51. The van der Waals surface area contributed by atoms with Crippen LogP contribution in [-0.2, 0) is 4.74 Å². The van der Waals surface area contributed by atoms with Gasteiger partial charge in [0, 0.05) is 29.9 Å². The molecule has 0 bridgehead atoms. The number of rotatable bonds is 7. The number of carbonyl (C=O) groups excluding carboxylic acids is 1.